The van der Waals surface area contributed by atoms with Crippen molar-refractivity contribution in [2.24, 2.45) is 5.73 Å². The van der Waals surface area contributed by atoms with E-state index in [1.165, 1.54) is 25.7 Å². The van der Waals surface area contributed by atoms with E-state index in [9.17, 15) is 4.79 Å². The first-order chi connectivity index (χ1) is 9.42. The minimum atomic E-state index is -0.556. The summed E-state index contributed by atoms with van der Waals surface area (Å²) in [5, 5.41) is 3.43. The SMILES string of the molecule is CCCCN(CCC(C)(NC1CC1)C(N)=O)C(C)CC. The van der Waals surface area contributed by atoms with E-state index in [0.29, 0.717) is 12.1 Å². The van der Waals surface area contributed by atoms with Crippen molar-refractivity contribution in [1.29, 1.82) is 0 Å². The molecule has 0 heterocycles. The normalized spacial score (nSPS) is 19.9. The van der Waals surface area contributed by atoms with E-state index in [-0.39, 0.29) is 5.91 Å². The lowest BCUT2D eigenvalue weighted by Gasteiger charge is -2.34. The van der Waals surface area contributed by atoms with Crippen molar-refractivity contribution in [3.05, 3.63) is 0 Å². The third-order valence-corrected chi connectivity index (χ3v) is 4.56. The molecule has 0 radical (unpaired) electrons. The molecule has 4 heteroatoms. The van der Waals surface area contributed by atoms with Gasteiger partial charge in [0.2, 0.25) is 5.91 Å². The fourth-order valence-corrected chi connectivity index (χ4v) is 2.48. The number of rotatable bonds is 11. The molecule has 1 fully saturated rings. The molecule has 0 aromatic rings. The average molecular weight is 283 g/mol. The molecule has 1 aliphatic carbocycles. The molecule has 2 atom stereocenters. The van der Waals surface area contributed by atoms with E-state index in [4.69, 9.17) is 5.73 Å². The van der Waals surface area contributed by atoms with Crippen LogP contribution in [0.25, 0.3) is 0 Å². The Hall–Kier alpha value is -0.610. The quantitative estimate of drug-likeness (QED) is 0.611. The van der Waals surface area contributed by atoms with Crippen molar-refractivity contribution in [1.82, 2.24) is 10.2 Å². The Balaban J connectivity index is 2.54. The maximum absolute atomic E-state index is 11.8. The number of carbonyl (C=O) groups is 1. The van der Waals surface area contributed by atoms with Crippen LogP contribution in [0, 0.1) is 0 Å². The molecule has 0 bridgehead atoms. The van der Waals surface area contributed by atoms with Crippen LogP contribution in [0.1, 0.15) is 66.2 Å². The van der Waals surface area contributed by atoms with E-state index in [0.717, 1.165) is 25.9 Å². The Morgan fingerprint density at radius 3 is 2.50 bits per heavy atom. The van der Waals surface area contributed by atoms with Gasteiger partial charge in [-0.1, -0.05) is 20.3 Å². The Bertz CT molecular complexity index is 304. The van der Waals surface area contributed by atoms with E-state index >= 15 is 0 Å². The molecule has 0 saturated heterocycles. The van der Waals surface area contributed by atoms with Gasteiger partial charge in [-0.15, -0.1) is 0 Å². The molecule has 2 unspecified atom stereocenters. The molecule has 4 nitrogen and oxygen atoms in total. The van der Waals surface area contributed by atoms with Crippen LogP contribution in [-0.4, -0.2) is 41.5 Å². The second kappa shape index (κ2) is 7.99. The second-order valence-corrected chi connectivity index (χ2v) is 6.51. The number of nitrogens with one attached hydrogen (secondary N) is 1. The van der Waals surface area contributed by atoms with Gasteiger partial charge in [0.1, 0.15) is 0 Å². The second-order valence-electron chi connectivity index (χ2n) is 6.51. The molecule has 1 aliphatic rings. The van der Waals surface area contributed by atoms with Gasteiger partial charge in [0, 0.05) is 18.6 Å². The summed E-state index contributed by atoms with van der Waals surface area (Å²) in [6, 6.07) is 1.07. The van der Waals surface area contributed by atoms with Crippen LogP contribution >= 0.6 is 0 Å². The van der Waals surface area contributed by atoms with Gasteiger partial charge < -0.3 is 16.0 Å². The highest BCUT2D eigenvalue weighted by Crippen LogP contribution is 2.24. The fraction of sp³-hybridized carbons (Fsp3) is 0.938. The third-order valence-electron chi connectivity index (χ3n) is 4.56. The predicted octanol–water partition coefficient (Wildman–Crippen LogP) is 2.27. The van der Waals surface area contributed by atoms with Crippen LogP contribution in [0.4, 0.5) is 0 Å². The van der Waals surface area contributed by atoms with E-state index in [1.54, 1.807) is 0 Å². The molecule has 118 valence electrons. The Morgan fingerprint density at radius 1 is 1.40 bits per heavy atom. The highest BCUT2D eigenvalue weighted by molar-refractivity contribution is 5.84. The Labute approximate surface area is 124 Å². The number of hydrogen-bond acceptors (Lipinski definition) is 3. The van der Waals surface area contributed by atoms with E-state index in [1.807, 2.05) is 6.92 Å². The molecular formula is C16H33N3O. The Kier molecular flexibility index (Phi) is 6.96. The summed E-state index contributed by atoms with van der Waals surface area (Å²) in [6.07, 6.45) is 6.72. The third kappa shape index (κ3) is 5.41. The molecule has 0 spiro atoms. The topological polar surface area (TPSA) is 58.4 Å². The summed E-state index contributed by atoms with van der Waals surface area (Å²) in [5.41, 5.74) is 5.07. The first-order valence-corrected chi connectivity index (χ1v) is 8.24. The van der Waals surface area contributed by atoms with Gasteiger partial charge in [0.05, 0.1) is 5.54 Å². The van der Waals surface area contributed by atoms with Gasteiger partial charge in [-0.3, -0.25) is 4.79 Å². The van der Waals surface area contributed by atoms with E-state index < -0.39 is 5.54 Å². The predicted molar refractivity (Wildman–Crippen MR) is 84.6 cm³/mol. The van der Waals surface area contributed by atoms with Crippen molar-refractivity contribution in [2.45, 2.75) is 83.8 Å². The largest absolute Gasteiger partial charge is 0.368 e. The smallest absolute Gasteiger partial charge is 0.237 e. The number of nitrogens with two attached hydrogens (primary N) is 1. The lowest BCUT2D eigenvalue weighted by atomic mass is 9.95. The van der Waals surface area contributed by atoms with Crippen LogP contribution in [0.3, 0.4) is 0 Å². The first-order valence-electron chi connectivity index (χ1n) is 8.24. The molecule has 0 aromatic heterocycles. The van der Waals surface area contributed by atoms with Gasteiger partial charge in [-0.05, 0) is 52.5 Å². The zero-order valence-corrected chi connectivity index (χ0v) is 13.7. The van der Waals surface area contributed by atoms with Gasteiger partial charge >= 0.3 is 0 Å². The Morgan fingerprint density at radius 2 is 2.05 bits per heavy atom. The van der Waals surface area contributed by atoms with Crippen LogP contribution in [-0.2, 0) is 4.79 Å². The molecule has 3 N–H and O–H groups in total. The van der Waals surface area contributed by atoms with Crippen molar-refractivity contribution in [3.63, 3.8) is 0 Å². The van der Waals surface area contributed by atoms with Crippen molar-refractivity contribution < 1.29 is 4.79 Å². The van der Waals surface area contributed by atoms with Crippen LogP contribution < -0.4 is 11.1 Å². The highest BCUT2D eigenvalue weighted by Gasteiger charge is 2.37. The number of primary amides is 1. The molecule has 0 aromatic carbocycles. The number of nitrogens with zero attached hydrogens (tertiary/aromatic N) is 1. The molecule has 1 rings (SSSR count). The van der Waals surface area contributed by atoms with E-state index in [2.05, 4.69) is 31.0 Å². The van der Waals surface area contributed by atoms with Gasteiger partial charge in [0.15, 0.2) is 0 Å². The van der Waals surface area contributed by atoms with Crippen LogP contribution in [0.5, 0.6) is 0 Å². The summed E-state index contributed by atoms with van der Waals surface area (Å²) in [5.74, 6) is -0.219. The molecule has 1 saturated carbocycles. The van der Waals surface area contributed by atoms with Gasteiger partial charge in [-0.2, -0.15) is 0 Å². The first kappa shape index (κ1) is 17.4. The zero-order chi connectivity index (χ0) is 15.2. The fourth-order valence-electron chi connectivity index (χ4n) is 2.48. The standard InChI is InChI=1S/C16H33N3O/c1-5-7-11-19(13(3)6-2)12-10-16(4,15(17)20)18-14-8-9-14/h13-14,18H,5-12H2,1-4H3,(H2,17,20). The lowest BCUT2D eigenvalue weighted by molar-refractivity contribution is -0.124. The minimum Gasteiger partial charge on any atom is -0.368 e. The number of amides is 1. The maximum Gasteiger partial charge on any atom is 0.237 e. The number of unbranched alkanes of at least 4 members (excludes halogenated alkanes) is 1. The van der Waals surface area contributed by atoms with Crippen molar-refractivity contribution >= 4 is 5.91 Å². The minimum absolute atomic E-state index is 0.219. The van der Waals surface area contributed by atoms with Crippen molar-refractivity contribution in [3.8, 4) is 0 Å². The summed E-state index contributed by atoms with van der Waals surface area (Å²) < 4.78 is 0. The average Bonchev–Trinajstić information content (AvgIpc) is 3.21. The van der Waals surface area contributed by atoms with Crippen LogP contribution in [0.15, 0.2) is 0 Å². The van der Waals surface area contributed by atoms with Gasteiger partial charge in [-0.25, -0.2) is 0 Å². The van der Waals surface area contributed by atoms with Crippen LogP contribution in [0.2, 0.25) is 0 Å². The van der Waals surface area contributed by atoms with Gasteiger partial charge in [0.25, 0.3) is 0 Å². The summed E-state index contributed by atoms with van der Waals surface area (Å²) in [6.45, 7) is 10.7. The summed E-state index contributed by atoms with van der Waals surface area (Å²) >= 11 is 0. The summed E-state index contributed by atoms with van der Waals surface area (Å²) in [7, 11) is 0. The number of carbonyl (C=O) groups excluding carboxylic acids is 1. The monoisotopic (exact) mass is 283 g/mol. The maximum atomic E-state index is 11.8. The summed E-state index contributed by atoms with van der Waals surface area (Å²) in [4.78, 5) is 14.3. The molecule has 0 aliphatic heterocycles. The molecular weight excluding hydrogens is 250 g/mol. The highest BCUT2D eigenvalue weighted by atomic mass is 16.1. The lowest BCUT2D eigenvalue weighted by Crippen LogP contribution is -2.55. The molecule has 20 heavy (non-hydrogen) atoms. The number of hydrogen-bond donors (Lipinski definition) is 2. The molecule has 1 amide bonds. The zero-order valence-electron chi connectivity index (χ0n) is 13.7. The van der Waals surface area contributed by atoms with Crippen molar-refractivity contribution in [2.75, 3.05) is 13.1 Å².